The van der Waals surface area contributed by atoms with E-state index in [-0.39, 0.29) is 10.8 Å². The Morgan fingerprint density at radius 2 is 1.81 bits per heavy atom. The van der Waals surface area contributed by atoms with Gasteiger partial charge in [-0.05, 0) is 36.8 Å². The average molecular weight is 410 g/mol. The van der Waals surface area contributed by atoms with Crippen molar-refractivity contribution in [1.29, 1.82) is 0 Å². The van der Waals surface area contributed by atoms with Gasteiger partial charge in [-0.2, -0.15) is 4.72 Å². The molecule has 0 aliphatic rings. The molecule has 6 nitrogen and oxygen atoms in total. The second-order valence-corrected chi connectivity index (χ2v) is 8.55. The summed E-state index contributed by atoms with van der Waals surface area (Å²) in [6, 6.07) is 15.1. The molecule has 0 amide bonds. The first-order chi connectivity index (χ1) is 12.4. The summed E-state index contributed by atoms with van der Waals surface area (Å²) < 4.78 is 32.9. The maximum absolute atomic E-state index is 12.4. The van der Waals surface area contributed by atoms with E-state index in [9.17, 15) is 8.42 Å². The van der Waals surface area contributed by atoms with E-state index in [0.717, 1.165) is 5.56 Å². The van der Waals surface area contributed by atoms with E-state index in [0.29, 0.717) is 16.0 Å². The van der Waals surface area contributed by atoms with Crippen LogP contribution in [0, 0.1) is 0 Å². The van der Waals surface area contributed by atoms with Crippen LogP contribution in [0.1, 0.15) is 24.4 Å². The Labute approximate surface area is 161 Å². The van der Waals surface area contributed by atoms with E-state index in [1.165, 1.54) is 36.0 Å². The third-order valence-electron chi connectivity index (χ3n) is 3.45. The van der Waals surface area contributed by atoms with Gasteiger partial charge in [0.25, 0.3) is 5.22 Å². The molecule has 1 heterocycles. The summed E-state index contributed by atoms with van der Waals surface area (Å²) in [4.78, 5) is 0.118. The highest BCUT2D eigenvalue weighted by atomic mass is 35.5. The Morgan fingerprint density at radius 3 is 2.50 bits per heavy atom. The van der Waals surface area contributed by atoms with Gasteiger partial charge >= 0.3 is 0 Å². The number of nitrogens with one attached hydrogen (secondary N) is 1. The number of nitrogens with zero attached hydrogens (tertiary/aromatic N) is 2. The first-order valence-electron chi connectivity index (χ1n) is 7.72. The van der Waals surface area contributed by atoms with Crippen molar-refractivity contribution in [2.24, 2.45) is 0 Å². The van der Waals surface area contributed by atoms with E-state index in [2.05, 4.69) is 14.9 Å². The number of rotatable bonds is 7. The van der Waals surface area contributed by atoms with Crippen LogP contribution >= 0.6 is 23.4 Å². The summed E-state index contributed by atoms with van der Waals surface area (Å²) in [5.74, 6) is 0.894. The zero-order valence-electron chi connectivity index (χ0n) is 13.8. The Morgan fingerprint density at radius 1 is 1.12 bits per heavy atom. The van der Waals surface area contributed by atoms with Crippen molar-refractivity contribution in [2.45, 2.75) is 28.8 Å². The van der Waals surface area contributed by atoms with Crippen molar-refractivity contribution in [2.75, 3.05) is 0 Å². The monoisotopic (exact) mass is 409 g/mol. The van der Waals surface area contributed by atoms with Gasteiger partial charge in [0.05, 0.1) is 10.9 Å². The molecular formula is C17H16ClN3O3S2. The fourth-order valence-corrected chi connectivity index (χ4v) is 4.19. The highest BCUT2D eigenvalue weighted by Gasteiger charge is 2.22. The summed E-state index contributed by atoms with van der Waals surface area (Å²) in [5.41, 5.74) is 1.13. The van der Waals surface area contributed by atoms with E-state index in [1.807, 2.05) is 30.3 Å². The van der Waals surface area contributed by atoms with Gasteiger partial charge in [-0.15, -0.1) is 10.2 Å². The lowest BCUT2D eigenvalue weighted by atomic mass is 10.2. The number of halogens is 1. The van der Waals surface area contributed by atoms with Gasteiger partial charge in [-0.25, -0.2) is 8.42 Å². The molecule has 0 unspecified atom stereocenters. The van der Waals surface area contributed by atoms with Crippen molar-refractivity contribution in [3.05, 3.63) is 71.1 Å². The molecule has 0 saturated heterocycles. The van der Waals surface area contributed by atoms with Gasteiger partial charge in [0.1, 0.15) is 0 Å². The molecule has 1 aromatic heterocycles. The fraction of sp³-hybridized carbons (Fsp3) is 0.176. The van der Waals surface area contributed by atoms with Crippen molar-refractivity contribution in [3.8, 4) is 0 Å². The molecule has 1 atom stereocenters. The maximum Gasteiger partial charge on any atom is 0.276 e. The molecule has 136 valence electrons. The number of aromatic nitrogens is 2. The predicted octanol–water partition coefficient (Wildman–Crippen LogP) is 4.05. The third kappa shape index (κ3) is 4.85. The Hall–Kier alpha value is -1.87. The molecule has 2 aromatic carbocycles. The second-order valence-electron chi connectivity index (χ2n) is 5.48. The largest absolute Gasteiger partial charge is 0.414 e. The molecule has 0 aliphatic heterocycles. The topological polar surface area (TPSA) is 85.1 Å². The average Bonchev–Trinajstić information content (AvgIpc) is 3.10. The molecule has 26 heavy (non-hydrogen) atoms. The van der Waals surface area contributed by atoms with Gasteiger partial charge < -0.3 is 4.42 Å². The second kappa shape index (κ2) is 8.22. The number of benzene rings is 2. The van der Waals surface area contributed by atoms with E-state index < -0.39 is 16.1 Å². The number of hydrogen-bond donors (Lipinski definition) is 1. The SMILES string of the molecule is C[C@H](NS(=O)(=O)c1ccc(Cl)cc1)c1nnc(SCc2ccccc2)o1. The predicted molar refractivity (Wildman–Crippen MR) is 100 cm³/mol. The fourth-order valence-electron chi connectivity index (χ4n) is 2.14. The van der Waals surface area contributed by atoms with Gasteiger partial charge in [0, 0.05) is 10.8 Å². The van der Waals surface area contributed by atoms with Crippen LogP contribution in [-0.4, -0.2) is 18.6 Å². The quantitative estimate of drug-likeness (QED) is 0.592. The molecule has 0 fully saturated rings. The lowest BCUT2D eigenvalue weighted by Gasteiger charge is -2.10. The summed E-state index contributed by atoms with van der Waals surface area (Å²) in [6.07, 6.45) is 0. The molecular weight excluding hydrogens is 394 g/mol. The zero-order chi connectivity index (χ0) is 18.6. The van der Waals surface area contributed by atoms with E-state index >= 15 is 0 Å². The summed E-state index contributed by atoms with van der Waals surface area (Å²) in [7, 11) is -3.71. The maximum atomic E-state index is 12.4. The van der Waals surface area contributed by atoms with Crippen LogP contribution in [0.25, 0.3) is 0 Å². The van der Waals surface area contributed by atoms with E-state index in [4.69, 9.17) is 16.0 Å². The van der Waals surface area contributed by atoms with E-state index in [1.54, 1.807) is 6.92 Å². The zero-order valence-corrected chi connectivity index (χ0v) is 16.2. The first-order valence-corrected chi connectivity index (χ1v) is 10.6. The van der Waals surface area contributed by atoms with Crippen LogP contribution in [0.15, 0.2) is 69.1 Å². The minimum absolute atomic E-state index is 0.118. The van der Waals surface area contributed by atoms with Crippen LogP contribution in [0.5, 0.6) is 0 Å². The molecule has 9 heteroatoms. The highest BCUT2D eigenvalue weighted by Crippen LogP contribution is 2.24. The molecule has 0 bridgehead atoms. The molecule has 0 saturated carbocycles. The van der Waals surface area contributed by atoms with Crippen molar-refractivity contribution < 1.29 is 12.8 Å². The van der Waals surface area contributed by atoms with Gasteiger partial charge in [-0.3, -0.25) is 0 Å². The van der Waals surface area contributed by atoms with Crippen LogP contribution in [0.4, 0.5) is 0 Å². The normalized spacial score (nSPS) is 12.8. The van der Waals surface area contributed by atoms with Gasteiger partial charge in [0.2, 0.25) is 15.9 Å². The van der Waals surface area contributed by atoms with Gasteiger partial charge in [0.15, 0.2) is 0 Å². The van der Waals surface area contributed by atoms with Crippen molar-refractivity contribution in [3.63, 3.8) is 0 Å². The van der Waals surface area contributed by atoms with Crippen molar-refractivity contribution in [1.82, 2.24) is 14.9 Å². The standard InChI is InChI=1S/C17H16ClN3O3S2/c1-12(21-26(22,23)15-9-7-14(18)8-10-15)16-19-20-17(24-16)25-11-13-5-3-2-4-6-13/h2-10,12,21H,11H2,1H3/t12-/m0/s1. The minimum Gasteiger partial charge on any atom is -0.414 e. The van der Waals surface area contributed by atoms with Gasteiger partial charge in [-0.1, -0.05) is 53.7 Å². The molecule has 3 rings (SSSR count). The summed E-state index contributed by atoms with van der Waals surface area (Å²) in [6.45, 7) is 1.65. The van der Waals surface area contributed by atoms with Crippen LogP contribution in [0.3, 0.4) is 0 Å². The smallest absolute Gasteiger partial charge is 0.276 e. The Kier molecular flexibility index (Phi) is 5.98. The minimum atomic E-state index is -3.71. The molecule has 0 aliphatic carbocycles. The summed E-state index contributed by atoms with van der Waals surface area (Å²) in [5, 5.41) is 8.75. The number of thioether (sulfide) groups is 1. The summed E-state index contributed by atoms with van der Waals surface area (Å²) >= 11 is 7.18. The first kappa shape index (κ1) is 18.9. The number of hydrogen-bond acceptors (Lipinski definition) is 6. The highest BCUT2D eigenvalue weighted by molar-refractivity contribution is 7.98. The lowest BCUT2D eigenvalue weighted by Crippen LogP contribution is -2.27. The van der Waals surface area contributed by atoms with Crippen LogP contribution in [-0.2, 0) is 15.8 Å². The molecule has 0 radical (unpaired) electrons. The Bertz CT molecular complexity index is 960. The Balaban J connectivity index is 1.64. The molecule has 3 aromatic rings. The third-order valence-corrected chi connectivity index (χ3v) is 6.15. The van der Waals surface area contributed by atoms with Crippen LogP contribution < -0.4 is 4.72 Å². The lowest BCUT2D eigenvalue weighted by molar-refractivity contribution is 0.384. The molecule has 0 spiro atoms. The van der Waals surface area contributed by atoms with Crippen LogP contribution in [0.2, 0.25) is 5.02 Å². The number of sulfonamides is 1. The molecule has 1 N–H and O–H groups in total. The van der Waals surface area contributed by atoms with Crippen molar-refractivity contribution >= 4 is 33.4 Å².